The van der Waals surface area contributed by atoms with Gasteiger partial charge in [-0.1, -0.05) is 12.1 Å². The SMILES string of the molecule is C=N/C(=C\C(=C/C)OC)COc1ccc(C[C@H](OCC)C(=O)NO)cc1. The Morgan fingerprint density at radius 3 is 2.58 bits per heavy atom. The average molecular weight is 362 g/mol. The minimum Gasteiger partial charge on any atom is -0.497 e. The molecule has 1 aromatic carbocycles. The van der Waals surface area contributed by atoms with Crippen LogP contribution in [0, 0.1) is 0 Å². The summed E-state index contributed by atoms with van der Waals surface area (Å²) in [5.41, 5.74) is 3.14. The fourth-order valence-electron chi connectivity index (χ4n) is 2.15. The Labute approximate surface area is 153 Å². The highest BCUT2D eigenvalue weighted by molar-refractivity contribution is 5.79. The van der Waals surface area contributed by atoms with E-state index in [2.05, 4.69) is 11.7 Å². The Hall–Kier alpha value is -2.64. The van der Waals surface area contributed by atoms with Gasteiger partial charge < -0.3 is 14.2 Å². The van der Waals surface area contributed by atoms with Crippen molar-refractivity contribution in [2.24, 2.45) is 4.99 Å². The normalized spacial score (nSPS) is 13.1. The van der Waals surface area contributed by atoms with Gasteiger partial charge in [0.15, 0.2) is 0 Å². The first-order valence-electron chi connectivity index (χ1n) is 8.22. The maximum absolute atomic E-state index is 11.6. The zero-order chi connectivity index (χ0) is 19.4. The lowest BCUT2D eigenvalue weighted by atomic mass is 10.1. The molecule has 1 rings (SSSR count). The zero-order valence-electron chi connectivity index (χ0n) is 15.4. The van der Waals surface area contributed by atoms with Crippen molar-refractivity contribution in [1.82, 2.24) is 5.48 Å². The fraction of sp³-hybridized carbons (Fsp3) is 0.368. The second-order valence-corrected chi connectivity index (χ2v) is 5.25. The van der Waals surface area contributed by atoms with Crippen molar-refractivity contribution in [3.63, 3.8) is 0 Å². The summed E-state index contributed by atoms with van der Waals surface area (Å²) in [6.45, 7) is 7.80. The molecule has 0 bridgehead atoms. The minimum absolute atomic E-state index is 0.248. The van der Waals surface area contributed by atoms with Gasteiger partial charge in [-0.05, 0) is 44.3 Å². The highest BCUT2D eigenvalue weighted by atomic mass is 16.5. The summed E-state index contributed by atoms with van der Waals surface area (Å²) < 4.78 is 16.2. The van der Waals surface area contributed by atoms with Crippen LogP contribution in [0.1, 0.15) is 19.4 Å². The van der Waals surface area contributed by atoms with Gasteiger partial charge >= 0.3 is 0 Å². The monoisotopic (exact) mass is 362 g/mol. The lowest BCUT2D eigenvalue weighted by Crippen LogP contribution is -2.36. The maximum atomic E-state index is 11.6. The van der Waals surface area contributed by atoms with Crippen molar-refractivity contribution < 1.29 is 24.2 Å². The summed E-state index contributed by atoms with van der Waals surface area (Å²) in [5, 5.41) is 8.77. The standard InChI is InChI=1S/C19H26N2O5/c1-5-16(24-4)12-15(20-3)13-26-17-9-7-14(8-10-17)11-18(25-6-2)19(22)21-23/h5,7-10,12,18,23H,3,6,11,13H2,1-2,4H3,(H,21,22)/b15-12-,16-5+/t18-/m0/s1. The summed E-state index contributed by atoms with van der Waals surface area (Å²) in [5.74, 6) is 0.759. The maximum Gasteiger partial charge on any atom is 0.272 e. The van der Waals surface area contributed by atoms with E-state index in [0.717, 1.165) is 5.56 Å². The van der Waals surface area contributed by atoms with E-state index < -0.39 is 12.0 Å². The van der Waals surface area contributed by atoms with Gasteiger partial charge in [0.2, 0.25) is 0 Å². The molecule has 26 heavy (non-hydrogen) atoms. The van der Waals surface area contributed by atoms with Gasteiger partial charge in [0, 0.05) is 19.1 Å². The van der Waals surface area contributed by atoms with E-state index in [9.17, 15) is 4.79 Å². The summed E-state index contributed by atoms with van der Waals surface area (Å²) in [7, 11) is 1.58. The Balaban J connectivity index is 2.69. The highest BCUT2D eigenvalue weighted by Crippen LogP contribution is 2.16. The van der Waals surface area contributed by atoms with E-state index in [0.29, 0.717) is 30.2 Å². The molecule has 2 N–H and O–H groups in total. The molecule has 0 radical (unpaired) electrons. The van der Waals surface area contributed by atoms with Crippen LogP contribution in [0.25, 0.3) is 0 Å². The van der Waals surface area contributed by atoms with Crippen LogP contribution in [-0.2, 0) is 20.7 Å². The van der Waals surface area contributed by atoms with Crippen LogP contribution < -0.4 is 10.2 Å². The number of ether oxygens (including phenoxy) is 3. The number of methoxy groups -OCH3 is 1. The van der Waals surface area contributed by atoms with Crippen molar-refractivity contribution in [3.05, 3.63) is 53.4 Å². The van der Waals surface area contributed by atoms with Crippen LogP contribution in [0.3, 0.4) is 0 Å². The number of carbonyl (C=O) groups is 1. The van der Waals surface area contributed by atoms with Gasteiger partial charge in [-0.15, -0.1) is 0 Å². The zero-order valence-corrected chi connectivity index (χ0v) is 15.4. The van der Waals surface area contributed by atoms with Crippen molar-refractivity contribution in [3.8, 4) is 5.75 Å². The molecule has 0 heterocycles. The van der Waals surface area contributed by atoms with E-state index in [1.807, 2.05) is 25.1 Å². The van der Waals surface area contributed by atoms with Crippen LogP contribution in [0.15, 0.2) is 52.9 Å². The molecule has 142 valence electrons. The van der Waals surface area contributed by atoms with Crippen LogP contribution in [-0.4, -0.2) is 44.3 Å². The summed E-state index contributed by atoms with van der Waals surface area (Å²) in [4.78, 5) is 15.5. The predicted octanol–water partition coefficient (Wildman–Crippen LogP) is 2.65. The number of benzene rings is 1. The van der Waals surface area contributed by atoms with Crippen molar-refractivity contribution in [2.45, 2.75) is 26.4 Å². The first-order chi connectivity index (χ1) is 12.6. The van der Waals surface area contributed by atoms with E-state index in [-0.39, 0.29) is 6.61 Å². The van der Waals surface area contributed by atoms with Crippen LogP contribution in [0.2, 0.25) is 0 Å². The van der Waals surface area contributed by atoms with Crippen molar-refractivity contribution in [2.75, 3.05) is 20.3 Å². The third-order valence-electron chi connectivity index (χ3n) is 3.53. The van der Waals surface area contributed by atoms with Gasteiger partial charge in [0.05, 0.1) is 12.8 Å². The summed E-state index contributed by atoms with van der Waals surface area (Å²) in [6.07, 6.45) is 3.17. The number of allylic oxidation sites excluding steroid dienone is 2. The van der Waals surface area contributed by atoms with E-state index in [4.69, 9.17) is 19.4 Å². The molecule has 1 atom stereocenters. The molecule has 1 amide bonds. The number of aliphatic imine (C=N–C) groups is 1. The fourth-order valence-corrected chi connectivity index (χ4v) is 2.15. The van der Waals surface area contributed by atoms with Gasteiger partial charge in [-0.2, -0.15) is 0 Å². The van der Waals surface area contributed by atoms with Crippen LogP contribution in [0.5, 0.6) is 5.75 Å². The minimum atomic E-state index is -0.746. The van der Waals surface area contributed by atoms with Gasteiger partial charge in [-0.3, -0.25) is 15.0 Å². The Morgan fingerprint density at radius 2 is 2.08 bits per heavy atom. The number of hydrogen-bond acceptors (Lipinski definition) is 6. The Kier molecular flexibility index (Phi) is 9.74. The number of amides is 1. The average Bonchev–Trinajstić information content (AvgIpc) is 2.68. The largest absolute Gasteiger partial charge is 0.497 e. The molecule has 0 saturated heterocycles. The number of carbonyl (C=O) groups excluding carboxylic acids is 1. The second-order valence-electron chi connectivity index (χ2n) is 5.25. The van der Waals surface area contributed by atoms with E-state index in [1.165, 1.54) is 0 Å². The smallest absolute Gasteiger partial charge is 0.272 e. The first kappa shape index (κ1) is 21.4. The molecule has 0 unspecified atom stereocenters. The molecule has 0 spiro atoms. The molecule has 0 saturated carbocycles. The second kappa shape index (κ2) is 11.8. The number of hydroxylamine groups is 1. The summed E-state index contributed by atoms with van der Waals surface area (Å²) >= 11 is 0. The summed E-state index contributed by atoms with van der Waals surface area (Å²) in [6, 6.07) is 7.26. The predicted molar refractivity (Wildman–Crippen MR) is 99.4 cm³/mol. The van der Waals surface area contributed by atoms with Crippen LogP contribution >= 0.6 is 0 Å². The third-order valence-corrected chi connectivity index (χ3v) is 3.53. The number of nitrogens with zero attached hydrogens (tertiary/aromatic N) is 1. The van der Waals surface area contributed by atoms with E-state index in [1.54, 1.807) is 37.7 Å². The van der Waals surface area contributed by atoms with Gasteiger partial charge in [0.25, 0.3) is 5.91 Å². The van der Waals surface area contributed by atoms with E-state index >= 15 is 0 Å². The third kappa shape index (κ3) is 7.08. The molecular weight excluding hydrogens is 336 g/mol. The molecule has 0 fully saturated rings. The Bertz CT molecular complexity index is 638. The molecule has 0 aliphatic heterocycles. The molecule has 7 nitrogen and oxygen atoms in total. The molecule has 1 aromatic rings. The first-order valence-corrected chi connectivity index (χ1v) is 8.22. The number of rotatable bonds is 11. The van der Waals surface area contributed by atoms with Crippen molar-refractivity contribution in [1.29, 1.82) is 0 Å². The number of hydrogen-bond donors (Lipinski definition) is 2. The topological polar surface area (TPSA) is 89.4 Å². The number of nitrogens with one attached hydrogen (secondary N) is 1. The molecule has 0 aromatic heterocycles. The molecule has 7 heteroatoms. The van der Waals surface area contributed by atoms with Crippen molar-refractivity contribution >= 4 is 12.6 Å². The van der Waals surface area contributed by atoms with Crippen LogP contribution in [0.4, 0.5) is 0 Å². The lowest BCUT2D eigenvalue weighted by Gasteiger charge is -2.15. The van der Waals surface area contributed by atoms with Gasteiger partial charge in [-0.25, -0.2) is 5.48 Å². The molecule has 0 aliphatic rings. The molecular formula is C19H26N2O5. The quantitative estimate of drug-likeness (QED) is 0.208. The Morgan fingerprint density at radius 1 is 1.38 bits per heavy atom. The van der Waals surface area contributed by atoms with Gasteiger partial charge in [0.1, 0.15) is 24.2 Å². The lowest BCUT2D eigenvalue weighted by molar-refractivity contribution is -0.141. The molecule has 0 aliphatic carbocycles. The highest BCUT2D eigenvalue weighted by Gasteiger charge is 2.18.